The molecule has 118 valence electrons. The number of ether oxygens (including phenoxy) is 2. The zero-order valence-electron chi connectivity index (χ0n) is 12.8. The monoisotopic (exact) mass is 299 g/mol. The van der Waals surface area contributed by atoms with E-state index in [1.807, 2.05) is 20.8 Å². The number of nitrogens with one attached hydrogen (secondary N) is 1. The molecule has 0 amide bonds. The molecule has 1 atom stereocenters. The highest BCUT2D eigenvalue weighted by molar-refractivity contribution is 5.31. The summed E-state index contributed by atoms with van der Waals surface area (Å²) >= 11 is 0. The lowest BCUT2D eigenvalue weighted by atomic mass is 10.1. The molecular formula is C16H23F2NO2. The van der Waals surface area contributed by atoms with Gasteiger partial charge in [-0.3, -0.25) is 0 Å². The zero-order chi connectivity index (χ0) is 15.5. The Labute approximate surface area is 124 Å². The van der Waals surface area contributed by atoms with Crippen LogP contribution in [-0.2, 0) is 11.3 Å². The van der Waals surface area contributed by atoms with Crippen LogP contribution in [0, 0.1) is 11.6 Å². The Morgan fingerprint density at radius 2 is 1.95 bits per heavy atom. The number of halogens is 2. The van der Waals surface area contributed by atoms with Crippen molar-refractivity contribution in [1.82, 2.24) is 5.32 Å². The van der Waals surface area contributed by atoms with E-state index < -0.39 is 11.6 Å². The fourth-order valence-electron chi connectivity index (χ4n) is 2.17. The van der Waals surface area contributed by atoms with Gasteiger partial charge in [0.05, 0.1) is 6.10 Å². The molecule has 1 aliphatic rings. The zero-order valence-corrected chi connectivity index (χ0v) is 12.8. The van der Waals surface area contributed by atoms with E-state index in [-0.39, 0.29) is 24.0 Å². The third kappa shape index (κ3) is 4.93. The highest BCUT2D eigenvalue weighted by Gasteiger charge is 2.19. The van der Waals surface area contributed by atoms with Crippen LogP contribution < -0.4 is 10.1 Å². The van der Waals surface area contributed by atoms with Gasteiger partial charge in [0.1, 0.15) is 6.61 Å². The van der Waals surface area contributed by atoms with Gasteiger partial charge in [-0.05, 0) is 51.3 Å². The SMILES string of the molecule is CC(C)(C)NCc1cc(F)c(OCC2CCCO2)c(F)c1. The van der Waals surface area contributed by atoms with Crippen LogP contribution in [0.2, 0.25) is 0 Å². The van der Waals surface area contributed by atoms with Crippen molar-refractivity contribution < 1.29 is 18.3 Å². The normalized spacial score (nSPS) is 19.0. The molecule has 1 unspecified atom stereocenters. The van der Waals surface area contributed by atoms with Crippen molar-refractivity contribution in [3.05, 3.63) is 29.3 Å². The van der Waals surface area contributed by atoms with Crippen molar-refractivity contribution in [1.29, 1.82) is 0 Å². The predicted molar refractivity (Wildman–Crippen MR) is 77.4 cm³/mol. The first-order valence-electron chi connectivity index (χ1n) is 7.32. The van der Waals surface area contributed by atoms with Gasteiger partial charge in [0.15, 0.2) is 17.4 Å². The van der Waals surface area contributed by atoms with Gasteiger partial charge in [-0.1, -0.05) is 0 Å². The quantitative estimate of drug-likeness (QED) is 0.904. The van der Waals surface area contributed by atoms with Gasteiger partial charge in [0.2, 0.25) is 0 Å². The van der Waals surface area contributed by atoms with Crippen molar-refractivity contribution in [2.24, 2.45) is 0 Å². The largest absolute Gasteiger partial charge is 0.485 e. The van der Waals surface area contributed by atoms with Crippen LogP contribution in [0.4, 0.5) is 8.78 Å². The first-order valence-corrected chi connectivity index (χ1v) is 7.32. The molecule has 0 bridgehead atoms. The minimum Gasteiger partial charge on any atom is -0.485 e. The van der Waals surface area contributed by atoms with Gasteiger partial charge in [-0.2, -0.15) is 0 Å². The topological polar surface area (TPSA) is 30.5 Å². The smallest absolute Gasteiger partial charge is 0.190 e. The second-order valence-electron chi connectivity index (χ2n) is 6.44. The molecule has 0 spiro atoms. The number of rotatable bonds is 5. The fourth-order valence-corrected chi connectivity index (χ4v) is 2.17. The van der Waals surface area contributed by atoms with Crippen LogP contribution >= 0.6 is 0 Å². The lowest BCUT2D eigenvalue weighted by molar-refractivity contribution is 0.0650. The second-order valence-corrected chi connectivity index (χ2v) is 6.44. The number of hydrogen-bond donors (Lipinski definition) is 1. The number of benzene rings is 1. The van der Waals surface area contributed by atoms with Gasteiger partial charge < -0.3 is 14.8 Å². The maximum Gasteiger partial charge on any atom is 0.190 e. The summed E-state index contributed by atoms with van der Waals surface area (Å²) < 4.78 is 38.6. The van der Waals surface area contributed by atoms with E-state index >= 15 is 0 Å². The Bertz CT molecular complexity index is 457. The first kappa shape index (κ1) is 16.2. The Hall–Kier alpha value is -1.20. The molecule has 1 N–H and O–H groups in total. The lowest BCUT2D eigenvalue weighted by Crippen LogP contribution is -2.35. The molecule has 1 heterocycles. The average Bonchev–Trinajstić information content (AvgIpc) is 2.87. The van der Waals surface area contributed by atoms with E-state index in [0.717, 1.165) is 12.8 Å². The molecule has 5 heteroatoms. The average molecular weight is 299 g/mol. The van der Waals surface area contributed by atoms with Gasteiger partial charge >= 0.3 is 0 Å². The van der Waals surface area contributed by atoms with Gasteiger partial charge in [-0.15, -0.1) is 0 Å². The molecule has 1 aliphatic heterocycles. The Balaban J connectivity index is 1.99. The predicted octanol–water partition coefficient (Wildman–Crippen LogP) is 3.41. The van der Waals surface area contributed by atoms with Crippen LogP contribution in [0.3, 0.4) is 0 Å². The van der Waals surface area contributed by atoms with Crippen LogP contribution in [0.25, 0.3) is 0 Å². The van der Waals surface area contributed by atoms with Crippen molar-refractivity contribution in [2.45, 2.75) is 51.8 Å². The van der Waals surface area contributed by atoms with Crippen LogP contribution in [0.15, 0.2) is 12.1 Å². The van der Waals surface area contributed by atoms with E-state index in [1.54, 1.807) is 0 Å². The minimum absolute atomic E-state index is 0.0639. The van der Waals surface area contributed by atoms with Crippen molar-refractivity contribution in [3.63, 3.8) is 0 Å². The second kappa shape index (κ2) is 6.71. The maximum absolute atomic E-state index is 14.0. The van der Waals surface area contributed by atoms with Crippen LogP contribution in [0.1, 0.15) is 39.2 Å². The summed E-state index contributed by atoms with van der Waals surface area (Å²) in [5, 5.41) is 3.19. The summed E-state index contributed by atoms with van der Waals surface area (Å²) in [6.45, 7) is 7.28. The summed E-state index contributed by atoms with van der Waals surface area (Å²) in [6.07, 6.45) is 1.78. The summed E-state index contributed by atoms with van der Waals surface area (Å²) in [7, 11) is 0. The molecule has 1 aromatic rings. The molecule has 2 rings (SSSR count). The van der Waals surface area contributed by atoms with Crippen LogP contribution in [0.5, 0.6) is 5.75 Å². The van der Waals surface area contributed by atoms with E-state index in [2.05, 4.69) is 5.32 Å². The maximum atomic E-state index is 14.0. The molecule has 21 heavy (non-hydrogen) atoms. The molecular weight excluding hydrogens is 276 g/mol. The summed E-state index contributed by atoms with van der Waals surface area (Å²) in [5.74, 6) is -1.65. The lowest BCUT2D eigenvalue weighted by Gasteiger charge is -2.21. The molecule has 0 radical (unpaired) electrons. The first-order chi connectivity index (χ1) is 9.85. The van der Waals surface area contributed by atoms with E-state index in [4.69, 9.17) is 9.47 Å². The molecule has 3 nitrogen and oxygen atoms in total. The highest BCUT2D eigenvalue weighted by Crippen LogP contribution is 2.25. The van der Waals surface area contributed by atoms with E-state index in [1.165, 1.54) is 12.1 Å². The van der Waals surface area contributed by atoms with Crippen molar-refractivity contribution in [2.75, 3.05) is 13.2 Å². The molecule has 0 aliphatic carbocycles. The van der Waals surface area contributed by atoms with Gasteiger partial charge in [-0.25, -0.2) is 8.78 Å². The molecule has 0 aromatic heterocycles. The third-order valence-electron chi connectivity index (χ3n) is 3.32. The minimum atomic E-state index is -0.668. The molecule has 0 saturated carbocycles. The summed E-state index contributed by atoms with van der Waals surface area (Å²) in [6, 6.07) is 2.62. The number of hydrogen-bond acceptors (Lipinski definition) is 3. The molecule has 1 aromatic carbocycles. The standard InChI is InChI=1S/C16H23F2NO2/c1-16(2,3)19-9-11-7-13(17)15(14(18)8-11)21-10-12-5-4-6-20-12/h7-8,12,19H,4-6,9-10H2,1-3H3. The Morgan fingerprint density at radius 3 is 2.48 bits per heavy atom. The summed E-state index contributed by atoms with van der Waals surface area (Å²) in [5.41, 5.74) is 0.450. The van der Waals surface area contributed by atoms with E-state index in [0.29, 0.717) is 18.7 Å². The van der Waals surface area contributed by atoms with Crippen molar-refractivity contribution >= 4 is 0 Å². The van der Waals surface area contributed by atoms with E-state index in [9.17, 15) is 8.78 Å². The summed E-state index contributed by atoms with van der Waals surface area (Å²) in [4.78, 5) is 0. The Kier molecular flexibility index (Phi) is 5.17. The third-order valence-corrected chi connectivity index (χ3v) is 3.32. The highest BCUT2D eigenvalue weighted by atomic mass is 19.1. The molecule has 1 saturated heterocycles. The Morgan fingerprint density at radius 1 is 1.29 bits per heavy atom. The van der Waals surface area contributed by atoms with Crippen molar-refractivity contribution in [3.8, 4) is 5.75 Å². The van der Waals surface area contributed by atoms with Crippen LogP contribution in [-0.4, -0.2) is 24.9 Å². The molecule has 1 fully saturated rings. The van der Waals surface area contributed by atoms with Gasteiger partial charge in [0.25, 0.3) is 0 Å². The fraction of sp³-hybridized carbons (Fsp3) is 0.625. The van der Waals surface area contributed by atoms with Gasteiger partial charge in [0, 0.05) is 18.7 Å².